The van der Waals surface area contributed by atoms with Gasteiger partial charge in [-0.2, -0.15) is 5.10 Å². The molecule has 0 saturated carbocycles. The molecular weight excluding hydrogens is 450 g/mol. The lowest BCUT2D eigenvalue weighted by Crippen LogP contribution is -2.22. The van der Waals surface area contributed by atoms with Crippen LogP contribution in [0.2, 0.25) is 0 Å². The van der Waals surface area contributed by atoms with E-state index in [0.717, 1.165) is 16.5 Å². The van der Waals surface area contributed by atoms with E-state index in [1.54, 1.807) is 18.2 Å². The molecule has 0 N–H and O–H groups in total. The van der Waals surface area contributed by atoms with Gasteiger partial charge in [-0.05, 0) is 47.7 Å². The highest BCUT2D eigenvalue weighted by atomic mass is 16.6. The average molecular weight is 471 g/mol. The van der Waals surface area contributed by atoms with E-state index in [0.29, 0.717) is 11.1 Å². The number of fused-ring (bicyclic) bond motifs is 2. The van der Waals surface area contributed by atoms with Crippen LogP contribution in [-0.4, -0.2) is 24.3 Å². The number of nitro groups is 1. The molecule has 5 aromatic rings. The summed E-state index contributed by atoms with van der Waals surface area (Å²) in [5.41, 5.74) is 2.62. The number of aryl methyl sites for hydroxylation is 1. The van der Waals surface area contributed by atoms with Gasteiger partial charge >= 0.3 is 5.63 Å². The van der Waals surface area contributed by atoms with Crippen molar-refractivity contribution in [2.24, 2.45) is 0 Å². The lowest BCUT2D eigenvalue weighted by Gasteiger charge is -2.13. The largest absolute Gasteiger partial charge is 0.423 e. The maximum atomic E-state index is 13.3. The van der Waals surface area contributed by atoms with E-state index in [1.165, 1.54) is 33.9 Å². The van der Waals surface area contributed by atoms with Crippen molar-refractivity contribution < 1.29 is 9.34 Å². The lowest BCUT2D eigenvalue weighted by atomic mass is 9.95. The minimum Gasteiger partial charge on any atom is -0.423 e. The Balaban J connectivity index is 1.63. The summed E-state index contributed by atoms with van der Waals surface area (Å²) in [5, 5.41) is 16.6. The number of benzene rings is 2. The Morgan fingerprint density at radius 3 is 2.63 bits per heavy atom. The van der Waals surface area contributed by atoms with Crippen LogP contribution in [0.1, 0.15) is 36.5 Å². The van der Waals surface area contributed by atoms with Crippen molar-refractivity contribution in [2.75, 3.05) is 0 Å². The first kappa shape index (κ1) is 22.2. The van der Waals surface area contributed by atoms with Crippen LogP contribution in [-0.2, 0) is 6.54 Å². The van der Waals surface area contributed by atoms with Crippen LogP contribution in [0.4, 0.5) is 5.69 Å². The Labute approximate surface area is 198 Å². The summed E-state index contributed by atoms with van der Waals surface area (Å²) in [6.07, 6.45) is 2.70. The van der Waals surface area contributed by atoms with Crippen LogP contribution >= 0.6 is 0 Å². The van der Waals surface area contributed by atoms with E-state index in [-0.39, 0.29) is 40.4 Å². The molecule has 0 unspecified atom stereocenters. The topological polar surface area (TPSA) is 126 Å². The first-order chi connectivity index (χ1) is 16.7. The van der Waals surface area contributed by atoms with Crippen molar-refractivity contribution in [3.8, 4) is 5.69 Å². The zero-order valence-corrected chi connectivity index (χ0v) is 19.3. The summed E-state index contributed by atoms with van der Waals surface area (Å²) >= 11 is 0. The van der Waals surface area contributed by atoms with Gasteiger partial charge in [0, 0.05) is 17.5 Å². The molecule has 0 amide bonds. The minimum atomic E-state index is -0.511. The molecule has 0 bridgehead atoms. The fourth-order valence-corrected chi connectivity index (χ4v) is 4.36. The molecule has 5 rings (SSSR count). The van der Waals surface area contributed by atoms with Crippen LogP contribution < -0.4 is 11.2 Å². The van der Waals surface area contributed by atoms with Crippen molar-refractivity contribution in [2.45, 2.75) is 33.2 Å². The summed E-state index contributed by atoms with van der Waals surface area (Å²) in [7, 11) is 0. The number of rotatable bonds is 5. The summed E-state index contributed by atoms with van der Waals surface area (Å²) in [6.45, 7) is 6.24. The molecule has 0 spiro atoms. The summed E-state index contributed by atoms with van der Waals surface area (Å²) < 4.78 is 8.08. The predicted molar refractivity (Wildman–Crippen MR) is 130 cm³/mol. The second-order valence-corrected chi connectivity index (χ2v) is 8.67. The first-order valence-electron chi connectivity index (χ1n) is 11.0. The van der Waals surface area contributed by atoms with Gasteiger partial charge in [0.05, 0.1) is 17.7 Å². The smallest absolute Gasteiger partial charge is 0.336 e. The Bertz CT molecular complexity index is 1750. The number of para-hydroxylation sites is 2. The van der Waals surface area contributed by atoms with Gasteiger partial charge in [-0.3, -0.25) is 19.5 Å². The van der Waals surface area contributed by atoms with Crippen molar-refractivity contribution in [3.05, 3.63) is 103 Å². The molecule has 3 aromatic heterocycles. The molecule has 0 aliphatic carbocycles. The van der Waals surface area contributed by atoms with Crippen molar-refractivity contribution in [1.82, 2.24) is 19.3 Å². The fourth-order valence-electron chi connectivity index (χ4n) is 4.36. The molecule has 2 aromatic carbocycles. The molecule has 0 aliphatic rings. The second-order valence-electron chi connectivity index (χ2n) is 8.67. The summed E-state index contributed by atoms with van der Waals surface area (Å²) in [4.78, 5) is 40.8. The SMILES string of the molecule is Cc1cc2oc(=O)cc(Cn3cnc4c(cnn4-c4ccccc4[N+](=O)[O-])c3=O)c2cc1C(C)C. The van der Waals surface area contributed by atoms with Crippen molar-refractivity contribution >= 4 is 27.7 Å². The normalized spacial score (nSPS) is 11.5. The van der Waals surface area contributed by atoms with Gasteiger partial charge in [-0.1, -0.05) is 26.0 Å². The first-order valence-corrected chi connectivity index (χ1v) is 11.0. The average Bonchev–Trinajstić information content (AvgIpc) is 3.24. The second kappa shape index (κ2) is 8.32. The zero-order valence-electron chi connectivity index (χ0n) is 19.3. The molecular formula is C25H21N5O5. The summed E-state index contributed by atoms with van der Waals surface area (Å²) in [6, 6.07) is 11.3. The van der Waals surface area contributed by atoms with E-state index < -0.39 is 10.5 Å². The Morgan fingerprint density at radius 2 is 1.89 bits per heavy atom. The van der Waals surface area contributed by atoms with E-state index in [1.807, 2.05) is 19.1 Å². The zero-order chi connectivity index (χ0) is 24.9. The van der Waals surface area contributed by atoms with E-state index in [2.05, 4.69) is 23.9 Å². The van der Waals surface area contributed by atoms with Crippen LogP contribution in [0.25, 0.3) is 27.7 Å². The number of aromatic nitrogens is 4. The molecule has 0 saturated heterocycles. The lowest BCUT2D eigenvalue weighted by molar-refractivity contribution is -0.384. The third-order valence-electron chi connectivity index (χ3n) is 6.04. The standard InChI is InChI=1S/C25H21N5O5/c1-14(2)17-10-18-16(9-23(31)35-22(18)8-15(17)3)12-28-13-26-24-19(25(28)32)11-27-29(24)20-6-4-5-7-21(20)30(33)34/h4-11,13-14H,12H2,1-3H3. The molecule has 0 radical (unpaired) electrons. The van der Waals surface area contributed by atoms with Gasteiger partial charge in [0.2, 0.25) is 0 Å². The Hall–Kier alpha value is -4.60. The van der Waals surface area contributed by atoms with Gasteiger partial charge in [-0.15, -0.1) is 0 Å². The molecule has 0 fully saturated rings. The van der Waals surface area contributed by atoms with E-state index in [4.69, 9.17) is 4.42 Å². The predicted octanol–water partition coefficient (Wildman–Crippen LogP) is 4.08. The van der Waals surface area contributed by atoms with Gasteiger partial charge in [0.1, 0.15) is 23.0 Å². The van der Waals surface area contributed by atoms with Crippen molar-refractivity contribution in [1.29, 1.82) is 0 Å². The molecule has 35 heavy (non-hydrogen) atoms. The van der Waals surface area contributed by atoms with Gasteiger partial charge in [0.25, 0.3) is 11.2 Å². The highest BCUT2D eigenvalue weighted by Crippen LogP contribution is 2.27. The maximum Gasteiger partial charge on any atom is 0.336 e. The van der Waals surface area contributed by atoms with Crippen molar-refractivity contribution in [3.63, 3.8) is 0 Å². The monoisotopic (exact) mass is 471 g/mol. The molecule has 10 nitrogen and oxygen atoms in total. The van der Waals surface area contributed by atoms with Gasteiger partial charge in [0.15, 0.2) is 5.65 Å². The highest BCUT2D eigenvalue weighted by molar-refractivity contribution is 5.82. The van der Waals surface area contributed by atoms with E-state index >= 15 is 0 Å². The maximum absolute atomic E-state index is 13.3. The van der Waals surface area contributed by atoms with Crippen LogP contribution in [0.15, 0.2) is 69.0 Å². The third-order valence-corrected chi connectivity index (χ3v) is 6.04. The Morgan fingerprint density at radius 1 is 1.11 bits per heavy atom. The molecule has 10 heteroatoms. The van der Waals surface area contributed by atoms with Gasteiger partial charge < -0.3 is 4.42 Å². The quantitative estimate of drug-likeness (QED) is 0.215. The number of nitrogens with zero attached hydrogens (tertiary/aromatic N) is 5. The van der Waals surface area contributed by atoms with Crippen LogP contribution in [0.5, 0.6) is 0 Å². The highest BCUT2D eigenvalue weighted by Gasteiger charge is 2.20. The minimum absolute atomic E-state index is 0.0983. The molecule has 0 atom stereocenters. The Kier molecular flexibility index (Phi) is 5.28. The number of hydrogen-bond donors (Lipinski definition) is 0. The third kappa shape index (κ3) is 3.78. The summed E-state index contributed by atoms with van der Waals surface area (Å²) in [5.74, 6) is 0.271. The molecule has 0 aliphatic heterocycles. The van der Waals surface area contributed by atoms with Crippen LogP contribution in [0, 0.1) is 17.0 Å². The number of nitro benzene ring substituents is 1. The van der Waals surface area contributed by atoms with Gasteiger partial charge in [-0.25, -0.2) is 14.5 Å². The fraction of sp³-hybridized carbons (Fsp3) is 0.200. The van der Waals surface area contributed by atoms with Crippen LogP contribution in [0.3, 0.4) is 0 Å². The molecule has 3 heterocycles. The van der Waals surface area contributed by atoms with E-state index in [9.17, 15) is 19.7 Å². The number of hydrogen-bond acceptors (Lipinski definition) is 7. The molecule has 176 valence electrons.